The van der Waals surface area contributed by atoms with E-state index in [1.165, 1.54) is 14.2 Å². The summed E-state index contributed by atoms with van der Waals surface area (Å²) in [5.41, 5.74) is 4.62. The average molecular weight is 405 g/mol. The van der Waals surface area contributed by atoms with E-state index in [9.17, 15) is 9.59 Å². The van der Waals surface area contributed by atoms with Crippen LogP contribution in [0.4, 0.5) is 0 Å². The fourth-order valence-electron chi connectivity index (χ4n) is 3.80. The predicted octanol–water partition coefficient (Wildman–Crippen LogP) is 3.09. The highest BCUT2D eigenvalue weighted by Crippen LogP contribution is 2.28. The molecule has 1 heterocycles. The molecule has 2 aromatic carbocycles. The molecule has 0 saturated heterocycles. The van der Waals surface area contributed by atoms with Crippen molar-refractivity contribution in [2.75, 3.05) is 14.2 Å². The minimum absolute atomic E-state index is 0.224. The van der Waals surface area contributed by atoms with Gasteiger partial charge in [-0.25, -0.2) is 9.48 Å². The zero-order valence-corrected chi connectivity index (χ0v) is 17.0. The van der Waals surface area contributed by atoms with Gasteiger partial charge in [-0.3, -0.25) is 4.79 Å². The number of methoxy groups -OCH3 is 2. The van der Waals surface area contributed by atoms with Gasteiger partial charge in [0.2, 0.25) is 0 Å². The number of benzene rings is 2. The lowest BCUT2D eigenvalue weighted by atomic mass is 10.1. The highest BCUT2D eigenvalue weighted by atomic mass is 16.5. The molecule has 7 nitrogen and oxygen atoms in total. The largest absolute Gasteiger partial charge is 0.496 e. The van der Waals surface area contributed by atoms with Crippen LogP contribution in [-0.4, -0.2) is 35.9 Å². The van der Waals surface area contributed by atoms with E-state index in [1.54, 1.807) is 18.2 Å². The Morgan fingerprint density at radius 2 is 1.90 bits per heavy atom. The molecule has 0 fully saturated rings. The van der Waals surface area contributed by atoms with E-state index in [0.717, 1.165) is 41.8 Å². The second-order valence-corrected chi connectivity index (χ2v) is 7.08. The number of hydrogen-bond acceptors (Lipinski definition) is 5. The van der Waals surface area contributed by atoms with E-state index in [0.29, 0.717) is 17.0 Å². The lowest BCUT2D eigenvalue weighted by Gasteiger charge is -2.10. The van der Waals surface area contributed by atoms with Crippen LogP contribution in [0.3, 0.4) is 0 Å². The molecule has 0 spiro atoms. The number of carbonyl (C=O) groups is 2. The van der Waals surface area contributed by atoms with Crippen molar-refractivity contribution in [3.63, 3.8) is 0 Å². The van der Waals surface area contributed by atoms with Crippen LogP contribution in [0.5, 0.6) is 5.75 Å². The summed E-state index contributed by atoms with van der Waals surface area (Å²) in [6.45, 7) is 0.264. The highest BCUT2D eigenvalue weighted by Gasteiger charge is 2.26. The van der Waals surface area contributed by atoms with Crippen LogP contribution in [0.25, 0.3) is 5.69 Å². The number of nitrogens with zero attached hydrogens (tertiary/aromatic N) is 2. The van der Waals surface area contributed by atoms with Gasteiger partial charge >= 0.3 is 5.97 Å². The fraction of sp³-hybridized carbons (Fsp3) is 0.261. The summed E-state index contributed by atoms with van der Waals surface area (Å²) in [6.07, 6.45) is 2.77. The summed E-state index contributed by atoms with van der Waals surface area (Å²) in [7, 11) is 2.81. The first-order valence-corrected chi connectivity index (χ1v) is 9.82. The lowest BCUT2D eigenvalue weighted by molar-refractivity contribution is 0.0597. The van der Waals surface area contributed by atoms with Gasteiger partial charge in [0.05, 0.1) is 19.9 Å². The number of hydrogen-bond donors (Lipinski definition) is 1. The molecule has 30 heavy (non-hydrogen) atoms. The maximum Gasteiger partial charge on any atom is 0.341 e. The first kappa shape index (κ1) is 19.7. The molecule has 154 valence electrons. The molecule has 7 heteroatoms. The Balaban J connectivity index is 1.55. The van der Waals surface area contributed by atoms with E-state index >= 15 is 0 Å². The quantitative estimate of drug-likeness (QED) is 0.638. The number of ether oxygens (including phenoxy) is 2. The maximum absolute atomic E-state index is 12.9. The number of rotatable bonds is 6. The summed E-state index contributed by atoms with van der Waals surface area (Å²) in [6, 6.07) is 15.0. The number of carbonyl (C=O) groups excluding carboxylic acids is 2. The van der Waals surface area contributed by atoms with Crippen LogP contribution in [0.15, 0.2) is 48.5 Å². The van der Waals surface area contributed by atoms with Gasteiger partial charge in [0.15, 0.2) is 5.69 Å². The van der Waals surface area contributed by atoms with Crippen molar-refractivity contribution in [3.8, 4) is 11.4 Å². The molecule has 0 aliphatic heterocycles. The van der Waals surface area contributed by atoms with E-state index in [1.807, 2.05) is 35.0 Å². The van der Waals surface area contributed by atoms with Crippen molar-refractivity contribution in [1.29, 1.82) is 0 Å². The minimum atomic E-state index is -0.487. The summed E-state index contributed by atoms with van der Waals surface area (Å²) in [5, 5.41) is 7.53. The van der Waals surface area contributed by atoms with Gasteiger partial charge in [-0.2, -0.15) is 5.10 Å². The molecular weight excluding hydrogens is 382 g/mol. The number of nitrogens with one attached hydrogen (secondary N) is 1. The van der Waals surface area contributed by atoms with Gasteiger partial charge in [-0.1, -0.05) is 24.3 Å². The molecule has 1 aromatic heterocycles. The lowest BCUT2D eigenvalue weighted by Crippen LogP contribution is -2.24. The van der Waals surface area contributed by atoms with Gasteiger partial charge in [0, 0.05) is 17.8 Å². The standard InChI is InChI=1S/C23H23N3O4/c1-29-20-12-11-15(13-18(20)23(28)30-2)14-24-22(27)21-17-9-6-10-19(17)26(25-21)16-7-4-3-5-8-16/h3-5,7-8,11-13H,6,9-10,14H2,1-2H3,(H,24,27). The van der Waals surface area contributed by atoms with E-state index in [4.69, 9.17) is 9.47 Å². The van der Waals surface area contributed by atoms with Crippen LogP contribution >= 0.6 is 0 Å². The molecule has 0 bridgehead atoms. The SMILES string of the molecule is COC(=O)c1cc(CNC(=O)c2nn(-c3ccccc3)c3c2CCC3)ccc1OC. The van der Waals surface area contributed by atoms with Gasteiger partial charge in [0.25, 0.3) is 5.91 Å². The van der Waals surface area contributed by atoms with Crippen molar-refractivity contribution in [1.82, 2.24) is 15.1 Å². The summed E-state index contributed by atoms with van der Waals surface area (Å²) in [4.78, 5) is 24.9. The molecule has 3 aromatic rings. The van der Waals surface area contributed by atoms with Gasteiger partial charge < -0.3 is 14.8 Å². The molecule has 1 N–H and O–H groups in total. The third-order valence-electron chi connectivity index (χ3n) is 5.27. The van der Waals surface area contributed by atoms with Crippen LogP contribution in [-0.2, 0) is 24.1 Å². The average Bonchev–Trinajstić information content (AvgIpc) is 3.40. The highest BCUT2D eigenvalue weighted by molar-refractivity contribution is 5.94. The van der Waals surface area contributed by atoms with E-state index < -0.39 is 5.97 Å². The Morgan fingerprint density at radius 3 is 2.63 bits per heavy atom. The summed E-state index contributed by atoms with van der Waals surface area (Å²) in [5.74, 6) is -0.283. The van der Waals surface area contributed by atoms with Crippen LogP contribution in [0.2, 0.25) is 0 Å². The number of amides is 1. The Labute approximate surface area is 174 Å². The minimum Gasteiger partial charge on any atom is -0.496 e. The monoisotopic (exact) mass is 405 g/mol. The third-order valence-corrected chi connectivity index (χ3v) is 5.27. The second-order valence-electron chi connectivity index (χ2n) is 7.08. The first-order valence-electron chi connectivity index (χ1n) is 9.82. The second kappa shape index (κ2) is 8.41. The number of para-hydroxylation sites is 1. The van der Waals surface area contributed by atoms with Crippen LogP contribution < -0.4 is 10.1 Å². The molecule has 0 radical (unpaired) electrons. The van der Waals surface area contributed by atoms with Crippen LogP contribution in [0.1, 0.15) is 44.1 Å². The van der Waals surface area contributed by atoms with Crippen molar-refractivity contribution >= 4 is 11.9 Å². The molecular formula is C23H23N3O4. The Bertz CT molecular complexity index is 1090. The Morgan fingerprint density at radius 1 is 1.10 bits per heavy atom. The Hall–Kier alpha value is -3.61. The van der Waals surface area contributed by atoms with E-state index in [-0.39, 0.29) is 12.5 Å². The zero-order chi connectivity index (χ0) is 21.1. The van der Waals surface area contributed by atoms with Crippen molar-refractivity contribution in [2.45, 2.75) is 25.8 Å². The molecule has 1 amide bonds. The van der Waals surface area contributed by atoms with Crippen molar-refractivity contribution < 1.29 is 19.1 Å². The predicted molar refractivity (Wildman–Crippen MR) is 111 cm³/mol. The molecule has 0 atom stereocenters. The van der Waals surface area contributed by atoms with E-state index in [2.05, 4.69) is 10.4 Å². The molecule has 4 rings (SSSR count). The topological polar surface area (TPSA) is 82.5 Å². The van der Waals surface area contributed by atoms with Gasteiger partial charge in [-0.15, -0.1) is 0 Å². The van der Waals surface area contributed by atoms with Crippen molar-refractivity contribution in [2.24, 2.45) is 0 Å². The van der Waals surface area contributed by atoms with Crippen molar-refractivity contribution in [3.05, 3.63) is 76.6 Å². The summed E-state index contributed by atoms with van der Waals surface area (Å²) >= 11 is 0. The molecule has 0 unspecified atom stereocenters. The molecule has 1 aliphatic carbocycles. The number of fused-ring (bicyclic) bond motifs is 1. The smallest absolute Gasteiger partial charge is 0.341 e. The fourth-order valence-corrected chi connectivity index (χ4v) is 3.80. The maximum atomic E-state index is 12.9. The first-order chi connectivity index (χ1) is 14.6. The zero-order valence-electron chi connectivity index (χ0n) is 17.0. The number of esters is 1. The van der Waals surface area contributed by atoms with Crippen LogP contribution in [0, 0.1) is 0 Å². The Kier molecular flexibility index (Phi) is 5.52. The summed E-state index contributed by atoms with van der Waals surface area (Å²) < 4.78 is 11.9. The van der Waals surface area contributed by atoms with Gasteiger partial charge in [0.1, 0.15) is 11.3 Å². The molecule has 1 aliphatic rings. The molecule has 0 saturated carbocycles. The number of aromatic nitrogens is 2. The normalized spacial score (nSPS) is 12.3. The third kappa shape index (κ3) is 3.66. The van der Waals surface area contributed by atoms with Gasteiger partial charge in [-0.05, 0) is 49.1 Å².